The minimum atomic E-state index is 0.500. The highest BCUT2D eigenvalue weighted by Gasteiger charge is 2.31. The Morgan fingerprint density at radius 2 is 1.95 bits per heavy atom. The smallest absolute Gasteiger partial charge is 0.162 e. The van der Waals surface area contributed by atoms with E-state index in [0.29, 0.717) is 5.15 Å². The number of hydrogen-bond acceptors (Lipinski definition) is 5. The van der Waals surface area contributed by atoms with E-state index in [1.807, 2.05) is 7.05 Å². The molecule has 0 bridgehead atoms. The number of aryl methyl sites for hydroxylation is 1. The largest absolute Gasteiger partial charge is 0.298 e. The van der Waals surface area contributed by atoms with Gasteiger partial charge in [-0.3, -0.25) is 14.5 Å². The number of hydrogen-bond donors (Lipinski definition) is 0. The highest BCUT2D eigenvalue weighted by atomic mass is 35.5. The Morgan fingerprint density at radius 3 is 2.67 bits per heavy atom. The molecule has 1 saturated carbocycles. The van der Waals surface area contributed by atoms with Gasteiger partial charge in [0.05, 0.1) is 18.1 Å². The lowest BCUT2D eigenvalue weighted by Crippen LogP contribution is -2.46. The van der Waals surface area contributed by atoms with Gasteiger partial charge < -0.3 is 0 Å². The van der Waals surface area contributed by atoms with Crippen LogP contribution in [0.25, 0.3) is 11.0 Å². The lowest BCUT2D eigenvalue weighted by Gasteiger charge is -2.34. The zero-order valence-corrected chi connectivity index (χ0v) is 12.9. The van der Waals surface area contributed by atoms with Crippen LogP contribution >= 0.6 is 11.6 Å². The normalized spacial score (nSPS) is 21.2. The van der Waals surface area contributed by atoms with Gasteiger partial charge in [-0.05, 0) is 12.8 Å². The van der Waals surface area contributed by atoms with Crippen molar-refractivity contribution in [3.05, 3.63) is 17.2 Å². The SMILES string of the molecule is Cn1ncc2c(Cl)nc(CN3CCN(C4CC4)CC3)nc21. The van der Waals surface area contributed by atoms with Crippen molar-refractivity contribution in [1.82, 2.24) is 29.5 Å². The molecule has 0 aromatic carbocycles. The summed E-state index contributed by atoms with van der Waals surface area (Å²) >= 11 is 6.24. The van der Waals surface area contributed by atoms with E-state index in [1.165, 1.54) is 12.8 Å². The zero-order valence-electron chi connectivity index (χ0n) is 12.2. The van der Waals surface area contributed by atoms with Gasteiger partial charge in [-0.2, -0.15) is 5.10 Å². The van der Waals surface area contributed by atoms with Crippen LogP contribution in [0, 0.1) is 0 Å². The van der Waals surface area contributed by atoms with Crippen molar-refractivity contribution in [2.45, 2.75) is 25.4 Å². The quantitative estimate of drug-likeness (QED) is 0.800. The second-order valence-electron chi connectivity index (χ2n) is 5.98. The molecular weight excluding hydrogens is 288 g/mol. The van der Waals surface area contributed by atoms with Crippen LogP contribution in [0.1, 0.15) is 18.7 Å². The van der Waals surface area contributed by atoms with Gasteiger partial charge in [-0.1, -0.05) is 11.6 Å². The van der Waals surface area contributed by atoms with Gasteiger partial charge >= 0.3 is 0 Å². The molecular formula is C14H19ClN6. The number of piperazine rings is 1. The van der Waals surface area contributed by atoms with Gasteiger partial charge in [0.2, 0.25) is 0 Å². The highest BCUT2D eigenvalue weighted by Crippen LogP contribution is 2.27. The maximum atomic E-state index is 6.24. The van der Waals surface area contributed by atoms with E-state index in [1.54, 1.807) is 10.9 Å². The third-order valence-electron chi connectivity index (χ3n) is 4.43. The van der Waals surface area contributed by atoms with Gasteiger partial charge in [0.15, 0.2) is 5.65 Å². The highest BCUT2D eigenvalue weighted by molar-refractivity contribution is 6.33. The standard InChI is InChI=1S/C14H19ClN6/c1-19-14-11(8-16-19)13(15)17-12(18-14)9-20-4-6-21(7-5-20)10-2-3-10/h8,10H,2-7,9H2,1H3. The van der Waals surface area contributed by atoms with Crippen LogP contribution in [0.3, 0.4) is 0 Å². The molecule has 2 aromatic rings. The number of rotatable bonds is 3. The first-order chi connectivity index (χ1) is 10.2. The average Bonchev–Trinajstić information content (AvgIpc) is 3.25. The molecule has 0 radical (unpaired) electrons. The number of nitrogens with zero attached hydrogens (tertiary/aromatic N) is 6. The van der Waals surface area contributed by atoms with Crippen molar-refractivity contribution in [2.24, 2.45) is 7.05 Å². The summed E-state index contributed by atoms with van der Waals surface area (Å²) in [4.78, 5) is 14.0. The van der Waals surface area contributed by atoms with Crippen molar-refractivity contribution in [2.75, 3.05) is 26.2 Å². The molecule has 21 heavy (non-hydrogen) atoms. The Balaban J connectivity index is 1.48. The predicted molar refractivity (Wildman–Crippen MR) is 81.2 cm³/mol. The topological polar surface area (TPSA) is 50.1 Å². The first-order valence-electron chi connectivity index (χ1n) is 7.51. The number of fused-ring (bicyclic) bond motifs is 1. The maximum absolute atomic E-state index is 6.24. The molecule has 2 aromatic heterocycles. The second kappa shape index (κ2) is 5.19. The summed E-state index contributed by atoms with van der Waals surface area (Å²) in [5, 5.41) is 5.51. The molecule has 4 rings (SSSR count). The van der Waals surface area contributed by atoms with Gasteiger partial charge in [0, 0.05) is 39.3 Å². The summed E-state index contributed by atoms with van der Waals surface area (Å²) in [7, 11) is 1.88. The molecule has 0 unspecified atom stereocenters. The third-order valence-corrected chi connectivity index (χ3v) is 4.72. The van der Waals surface area contributed by atoms with E-state index >= 15 is 0 Å². The van der Waals surface area contributed by atoms with Crippen molar-refractivity contribution in [3.63, 3.8) is 0 Å². The fourth-order valence-electron chi connectivity index (χ4n) is 3.03. The van der Waals surface area contributed by atoms with Crippen LogP contribution in [-0.2, 0) is 13.6 Å². The van der Waals surface area contributed by atoms with Crippen LogP contribution < -0.4 is 0 Å². The fraction of sp³-hybridized carbons (Fsp3) is 0.643. The zero-order chi connectivity index (χ0) is 14.4. The van der Waals surface area contributed by atoms with E-state index in [2.05, 4.69) is 24.9 Å². The minimum Gasteiger partial charge on any atom is -0.298 e. The molecule has 2 aliphatic rings. The van der Waals surface area contributed by atoms with Gasteiger partial charge in [-0.15, -0.1) is 0 Å². The fourth-order valence-corrected chi connectivity index (χ4v) is 3.26. The molecule has 3 heterocycles. The first kappa shape index (κ1) is 13.4. The molecule has 0 amide bonds. The Kier molecular flexibility index (Phi) is 3.32. The summed E-state index contributed by atoms with van der Waals surface area (Å²) in [6.45, 7) is 5.25. The third kappa shape index (κ3) is 2.63. The van der Waals surface area contributed by atoms with E-state index in [-0.39, 0.29) is 0 Å². The first-order valence-corrected chi connectivity index (χ1v) is 7.89. The van der Waals surface area contributed by atoms with Crippen LogP contribution in [0.4, 0.5) is 0 Å². The van der Waals surface area contributed by atoms with E-state index in [9.17, 15) is 0 Å². The average molecular weight is 307 g/mol. The molecule has 0 atom stereocenters. The Bertz CT molecular complexity index is 657. The summed E-state index contributed by atoms with van der Waals surface area (Å²) in [5.41, 5.74) is 0.807. The second-order valence-corrected chi connectivity index (χ2v) is 6.34. The summed E-state index contributed by atoms with van der Waals surface area (Å²) in [6.07, 6.45) is 4.49. The molecule has 6 nitrogen and oxygen atoms in total. The minimum absolute atomic E-state index is 0.500. The van der Waals surface area contributed by atoms with Crippen LogP contribution in [0.5, 0.6) is 0 Å². The van der Waals surface area contributed by atoms with E-state index < -0.39 is 0 Å². The summed E-state index contributed by atoms with van der Waals surface area (Å²) in [5.74, 6) is 0.788. The lowest BCUT2D eigenvalue weighted by atomic mass is 10.3. The Hall–Kier alpha value is -1.24. The molecule has 1 saturated heterocycles. The van der Waals surface area contributed by atoms with Crippen LogP contribution in [0.15, 0.2) is 6.20 Å². The van der Waals surface area contributed by atoms with Crippen LogP contribution in [0.2, 0.25) is 5.15 Å². The van der Waals surface area contributed by atoms with Gasteiger partial charge in [0.25, 0.3) is 0 Å². The molecule has 112 valence electrons. The van der Waals surface area contributed by atoms with Crippen molar-refractivity contribution in [3.8, 4) is 0 Å². The predicted octanol–water partition coefficient (Wildman–Crippen LogP) is 1.30. The van der Waals surface area contributed by atoms with Crippen molar-refractivity contribution < 1.29 is 0 Å². The Labute approximate surface area is 128 Å². The summed E-state index contributed by atoms with van der Waals surface area (Å²) < 4.78 is 1.75. The number of aromatic nitrogens is 4. The van der Waals surface area contributed by atoms with Crippen molar-refractivity contribution in [1.29, 1.82) is 0 Å². The van der Waals surface area contributed by atoms with Gasteiger partial charge in [0.1, 0.15) is 11.0 Å². The number of halogens is 1. The molecule has 0 spiro atoms. The molecule has 0 N–H and O–H groups in total. The molecule has 1 aliphatic heterocycles. The molecule has 2 fully saturated rings. The van der Waals surface area contributed by atoms with E-state index in [4.69, 9.17) is 11.6 Å². The maximum Gasteiger partial charge on any atom is 0.162 e. The van der Waals surface area contributed by atoms with Crippen molar-refractivity contribution >= 4 is 22.6 Å². The Morgan fingerprint density at radius 1 is 1.19 bits per heavy atom. The molecule has 7 heteroatoms. The van der Waals surface area contributed by atoms with Gasteiger partial charge in [-0.25, -0.2) is 9.97 Å². The van der Waals surface area contributed by atoms with Crippen LogP contribution in [-0.4, -0.2) is 61.8 Å². The van der Waals surface area contributed by atoms with E-state index in [0.717, 1.165) is 55.6 Å². The molecule has 1 aliphatic carbocycles. The lowest BCUT2D eigenvalue weighted by molar-refractivity contribution is 0.119. The summed E-state index contributed by atoms with van der Waals surface area (Å²) in [6, 6.07) is 0.864. The monoisotopic (exact) mass is 306 g/mol.